The van der Waals surface area contributed by atoms with Gasteiger partial charge in [0.1, 0.15) is 10.7 Å². The fraction of sp³-hybridized carbons (Fsp3) is 0.167. The number of carbonyl (C=O) groups excluding carboxylic acids is 1. The molecule has 1 aromatic heterocycles. The Labute approximate surface area is 106 Å². The Morgan fingerprint density at radius 2 is 2.06 bits per heavy atom. The highest BCUT2D eigenvalue weighted by Gasteiger charge is 2.18. The average molecular weight is 267 g/mol. The smallest absolute Gasteiger partial charge is 0.350 e. The minimum absolute atomic E-state index is 0.202. The van der Waals surface area contributed by atoms with E-state index in [-0.39, 0.29) is 22.2 Å². The molecule has 0 fully saturated rings. The second-order valence-electron chi connectivity index (χ2n) is 3.45. The summed E-state index contributed by atoms with van der Waals surface area (Å²) in [5.41, 5.74) is 0.932. The van der Waals surface area contributed by atoms with Crippen LogP contribution in [0.2, 0.25) is 0 Å². The Kier molecular flexibility index (Phi) is 3.57. The van der Waals surface area contributed by atoms with Gasteiger partial charge < -0.3 is 9.72 Å². The SMILES string of the molecule is CCOC(=O)c1sc(=O)[nH]c1-c1ccc(F)cc1. The first-order valence-electron chi connectivity index (χ1n) is 5.28. The van der Waals surface area contributed by atoms with Crippen LogP contribution in [0.3, 0.4) is 0 Å². The molecule has 0 aliphatic heterocycles. The molecule has 2 rings (SSSR count). The number of aromatic amines is 1. The summed E-state index contributed by atoms with van der Waals surface area (Å²) in [6.07, 6.45) is 0. The van der Waals surface area contributed by atoms with Crippen LogP contribution in [0, 0.1) is 5.82 Å². The van der Waals surface area contributed by atoms with Gasteiger partial charge in [0, 0.05) is 0 Å². The Hall–Kier alpha value is -1.95. The minimum Gasteiger partial charge on any atom is -0.462 e. The van der Waals surface area contributed by atoms with Crippen molar-refractivity contribution in [2.45, 2.75) is 6.92 Å². The van der Waals surface area contributed by atoms with Crippen molar-refractivity contribution >= 4 is 17.3 Å². The lowest BCUT2D eigenvalue weighted by atomic mass is 10.1. The molecular formula is C12H10FNO3S. The van der Waals surface area contributed by atoms with Crippen molar-refractivity contribution in [3.63, 3.8) is 0 Å². The van der Waals surface area contributed by atoms with Crippen LogP contribution in [0.15, 0.2) is 29.1 Å². The highest BCUT2D eigenvalue weighted by atomic mass is 32.1. The van der Waals surface area contributed by atoms with E-state index >= 15 is 0 Å². The van der Waals surface area contributed by atoms with Crippen molar-refractivity contribution in [2.75, 3.05) is 6.61 Å². The lowest BCUT2D eigenvalue weighted by Crippen LogP contribution is -2.03. The number of carbonyl (C=O) groups is 1. The molecule has 0 unspecified atom stereocenters. The number of halogens is 1. The third kappa shape index (κ3) is 2.48. The number of benzene rings is 1. The maximum atomic E-state index is 12.8. The molecule has 0 aliphatic carbocycles. The molecule has 1 heterocycles. The fourth-order valence-corrected chi connectivity index (χ4v) is 2.24. The molecule has 0 aliphatic rings. The van der Waals surface area contributed by atoms with Crippen molar-refractivity contribution in [3.8, 4) is 11.3 Å². The first-order chi connectivity index (χ1) is 8.61. The first kappa shape index (κ1) is 12.5. The van der Waals surface area contributed by atoms with Crippen molar-refractivity contribution in [1.82, 2.24) is 4.98 Å². The van der Waals surface area contributed by atoms with Gasteiger partial charge in [0.2, 0.25) is 0 Å². The second kappa shape index (κ2) is 5.14. The number of esters is 1. The van der Waals surface area contributed by atoms with E-state index in [9.17, 15) is 14.0 Å². The van der Waals surface area contributed by atoms with Crippen LogP contribution >= 0.6 is 11.3 Å². The number of thiazole rings is 1. The number of hydrogen-bond donors (Lipinski definition) is 1. The van der Waals surface area contributed by atoms with E-state index < -0.39 is 5.97 Å². The Morgan fingerprint density at radius 3 is 2.67 bits per heavy atom. The number of nitrogens with one attached hydrogen (secondary N) is 1. The van der Waals surface area contributed by atoms with Gasteiger partial charge >= 0.3 is 10.8 Å². The minimum atomic E-state index is -0.555. The average Bonchev–Trinajstić information content (AvgIpc) is 2.73. The topological polar surface area (TPSA) is 59.2 Å². The van der Waals surface area contributed by atoms with Crippen molar-refractivity contribution < 1.29 is 13.9 Å². The summed E-state index contributed by atoms with van der Waals surface area (Å²) in [5, 5.41) is 0. The van der Waals surface area contributed by atoms with Crippen LogP contribution in [0.5, 0.6) is 0 Å². The van der Waals surface area contributed by atoms with E-state index in [1.807, 2.05) is 0 Å². The normalized spacial score (nSPS) is 10.3. The summed E-state index contributed by atoms with van der Waals surface area (Å²) in [5.74, 6) is -0.936. The van der Waals surface area contributed by atoms with Gasteiger partial charge in [-0.3, -0.25) is 4.79 Å². The summed E-state index contributed by atoms with van der Waals surface area (Å²) in [4.78, 5) is 25.4. The molecule has 0 radical (unpaired) electrons. The van der Waals surface area contributed by atoms with E-state index in [1.165, 1.54) is 24.3 Å². The maximum absolute atomic E-state index is 12.8. The van der Waals surface area contributed by atoms with E-state index in [4.69, 9.17) is 4.74 Å². The molecule has 0 saturated carbocycles. The molecular weight excluding hydrogens is 257 g/mol. The highest BCUT2D eigenvalue weighted by Crippen LogP contribution is 2.24. The van der Waals surface area contributed by atoms with Gasteiger partial charge in [-0.1, -0.05) is 11.3 Å². The molecule has 0 bridgehead atoms. The van der Waals surface area contributed by atoms with Gasteiger partial charge in [0.25, 0.3) is 0 Å². The molecule has 1 N–H and O–H groups in total. The van der Waals surface area contributed by atoms with Crippen LogP contribution in [0.1, 0.15) is 16.6 Å². The Morgan fingerprint density at radius 1 is 1.39 bits per heavy atom. The van der Waals surface area contributed by atoms with Gasteiger partial charge in [-0.2, -0.15) is 0 Å². The first-order valence-corrected chi connectivity index (χ1v) is 6.09. The predicted octanol–water partition coefficient (Wildman–Crippen LogP) is 2.42. The lowest BCUT2D eigenvalue weighted by molar-refractivity contribution is 0.0532. The van der Waals surface area contributed by atoms with Crippen LogP contribution in [0.4, 0.5) is 4.39 Å². The zero-order chi connectivity index (χ0) is 13.1. The zero-order valence-electron chi connectivity index (χ0n) is 9.53. The number of H-pyrrole nitrogens is 1. The van der Waals surface area contributed by atoms with Crippen LogP contribution < -0.4 is 4.87 Å². The molecule has 0 amide bonds. The number of rotatable bonds is 3. The molecule has 0 spiro atoms. The summed E-state index contributed by atoms with van der Waals surface area (Å²) < 4.78 is 17.7. The monoisotopic (exact) mass is 267 g/mol. The molecule has 0 atom stereocenters. The van der Waals surface area contributed by atoms with Crippen molar-refractivity contribution in [3.05, 3.63) is 44.6 Å². The quantitative estimate of drug-likeness (QED) is 0.869. The highest BCUT2D eigenvalue weighted by molar-refractivity contribution is 7.11. The Balaban J connectivity index is 2.47. The van der Waals surface area contributed by atoms with Crippen LogP contribution in [0.25, 0.3) is 11.3 Å². The van der Waals surface area contributed by atoms with E-state index in [2.05, 4.69) is 4.98 Å². The van der Waals surface area contributed by atoms with Gasteiger partial charge in [0.05, 0.1) is 12.3 Å². The van der Waals surface area contributed by atoms with Gasteiger partial charge in [-0.15, -0.1) is 0 Å². The number of aromatic nitrogens is 1. The van der Waals surface area contributed by atoms with Gasteiger partial charge in [-0.25, -0.2) is 9.18 Å². The largest absolute Gasteiger partial charge is 0.462 e. The predicted molar refractivity (Wildman–Crippen MR) is 66.3 cm³/mol. The third-order valence-corrected chi connectivity index (χ3v) is 3.10. The lowest BCUT2D eigenvalue weighted by Gasteiger charge is -2.02. The Bertz CT molecular complexity index is 615. The molecule has 2 aromatic rings. The second-order valence-corrected chi connectivity index (χ2v) is 4.43. The summed E-state index contributed by atoms with van der Waals surface area (Å²) in [7, 11) is 0. The number of hydrogen-bond acceptors (Lipinski definition) is 4. The van der Waals surface area contributed by atoms with E-state index in [0.29, 0.717) is 11.3 Å². The molecule has 6 heteroatoms. The van der Waals surface area contributed by atoms with Crippen LogP contribution in [-0.2, 0) is 4.74 Å². The molecule has 94 valence electrons. The van der Waals surface area contributed by atoms with E-state index in [1.54, 1.807) is 6.92 Å². The van der Waals surface area contributed by atoms with Gasteiger partial charge in [-0.05, 0) is 36.8 Å². The summed E-state index contributed by atoms with van der Waals surface area (Å²) in [6, 6.07) is 5.52. The molecule has 18 heavy (non-hydrogen) atoms. The fourth-order valence-electron chi connectivity index (χ4n) is 1.49. The zero-order valence-corrected chi connectivity index (χ0v) is 10.3. The van der Waals surface area contributed by atoms with Crippen LogP contribution in [-0.4, -0.2) is 17.6 Å². The standard InChI is InChI=1S/C12H10FNO3S/c1-2-17-11(15)10-9(14-12(16)18-10)7-3-5-8(13)6-4-7/h3-6H,2H2,1H3,(H,14,16). The van der Waals surface area contributed by atoms with Crippen molar-refractivity contribution in [2.24, 2.45) is 0 Å². The van der Waals surface area contributed by atoms with E-state index in [0.717, 1.165) is 11.3 Å². The van der Waals surface area contributed by atoms with Crippen molar-refractivity contribution in [1.29, 1.82) is 0 Å². The summed E-state index contributed by atoms with van der Waals surface area (Å²) in [6.45, 7) is 1.92. The number of ether oxygens (including phenoxy) is 1. The molecule has 0 saturated heterocycles. The maximum Gasteiger partial charge on any atom is 0.350 e. The summed E-state index contributed by atoms with van der Waals surface area (Å²) >= 11 is 0.782. The molecule has 4 nitrogen and oxygen atoms in total. The van der Waals surface area contributed by atoms with Gasteiger partial charge in [0.15, 0.2) is 0 Å². The third-order valence-electron chi connectivity index (χ3n) is 2.24. The molecule has 1 aromatic carbocycles.